The van der Waals surface area contributed by atoms with Gasteiger partial charge >= 0.3 is 0 Å². The molecule has 80 valence electrons. The first-order valence-electron chi connectivity index (χ1n) is 4.14. The Morgan fingerprint density at radius 1 is 1.60 bits per heavy atom. The number of hydrogen-bond donors (Lipinski definition) is 0. The van der Waals surface area contributed by atoms with E-state index in [4.69, 9.17) is 16.3 Å². The number of alkyl halides is 1. The van der Waals surface area contributed by atoms with E-state index in [1.54, 1.807) is 19.2 Å². The number of aldehydes is 1. The number of nitrogens with zero attached hydrogens (tertiary/aromatic N) is 1. The van der Waals surface area contributed by atoms with Crippen LogP contribution in [0.3, 0.4) is 0 Å². The zero-order valence-corrected chi connectivity index (χ0v) is 10.3. The van der Waals surface area contributed by atoms with Gasteiger partial charge in [-0.3, -0.25) is 4.99 Å². The predicted molar refractivity (Wildman–Crippen MR) is 64.6 cm³/mol. The molecule has 0 bridgehead atoms. The fourth-order valence-electron chi connectivity index (χ4n) is 0.921. The van der Waals surface area contributed by atoms with Gasteiger partial charge in [0.05, 0.1) is 17.3 Å². The average Bonchev–Trinajstić information content (AvgIpc) is 2.27. The van der Waals surface area contributed by atoms with Crippen molar-refractivity contribution in [3.8, 4) is 5.75 Å². The molecule has 0 amide bonds. The van der Waals surface area contributed by atoms with Crippen LogP contribution in [0, 0.1) is 0 Å². The van der Waals surface area contributed by atoms with Gasteiger partial charge in [-0.15, -0.1) is 11.6 Å². The number of methoxy groups -OCH3 is 1. The molecule has 0 N–H and O–H groups in total. The Bertz CT molecular complexity index is 382. The van der Waals surface area contributed by atoms with Crippen LogP contribution < -0.4 is 4.74 Å². The van der Waals surface area contributed by atoms with E-state index in [0.29, 0.717) is 17.7 Å². The summed E-state index contributed by atoms with van der Waals surface area (Å²) in [6.45, 7) is 0. The van der Waals surface area contributed by atoms with Crippen LogP contribution in [0.25, 0.3) is 0 Å². The minimum Gasteiger partial charge on any atom is -0.495 e. The van der Waals surface area contributed by atoms with E-state index in [9.17, 15) is 4.79 Å². The predicted octanol–water partition coefficient (Wildman–Crippen LogP) is 2.97. The molecule has 0 saturated carbocycles. The van der Waals surface area contributed by atoms with Gasteiger partial charge in [0.15, 0.2) is 0 Å². The molecule has 0 heterocycles. The maximum absolute atomic E-state index is 10.2. The Kier molecular flexibility index (Phi) is 4.78. The Morgan fingerprint density at radius 3 is 2.93 bits per heavy atom. The number of benzene rings is 1. The number of carbonyl (C=O) groups excluding carboxylic acids is 1. The first-order chi connectivity index (χ1) is 7.17. The summed E-state index contributed by atoms with van der Waals surface area (Å²) in [7, 11) is 1.57. The fraction of sp³-hybridized carbons (Fsp3) is 0.200. The number of aliphatic imine (C=N–C) groups is 1. The van der Waals surface area contributed by atoms with Crippen molar-refractivity contribution in [3.05, 3.63) is 22.7 Å². The Labute approximate surface area is 101 Å². The summed E-state index contributed by atoms with van der Waals surface area (Å²) in [5, 5.41) is -0.695. The highest BCUT2D eigenvalue weighted by atomic mass is 79.9. The molecule has 5 heteroatoms. The van der Waals surface area contributed by atoms with Gasteiger partial charge in [-0.05, 0) is 28.1 Å². The van der Waals surface area contributed by atoms with Gasteiger partial charge in [-0.25, -0.2) is 0 Å². The first kappa shape index (κ1) is 12.2. The third-order valence-corrected chi connectivity index (χ3v) is 2.50. The maximum Gasteiger partial charge on any atom is 0.143 e. The second-order valence-corrected chi connectivity index (χ2v) is 4.04. The number of halogens is 2. The first-order valence-corrected chi connectivity index (χ1v) is 5.37. The highest BCUT2D eigenvalue weighted by Crippen LogP contribution is 2.28. The van der Waals surface area contributed by atoms with E-state index in [-0.39, 0.29) is 0 Å². The minimum atomic E-state index is -0.695. The molecule has 0 aliphatic rings. The van der Waals surface area contributed by atoms with Gasteiger partial charge in [-0.2, -0.15) is 0 Å². The molecule has 3 nitrogen and oxygen atoms in total. The van der Waals surface area contributed by atoms with E-state index in [2.05, 4.69) is 20.9 Å². The van der Waals surface area contributed by atoms with Crippen molar-refractivity contribution in [2.75, 3.05) is 7.11 Å². The van der Waals surface area contributed by atoms with Crippen molar-refractivity contribution in [3.63, 3.8) is 0 Å². The molecule has 0 aliphatic heterocycles. The maximum atomic E-state index is 10.2. The molecule has 0 spiro atoms. The lowest BCUT2D eigenvalue weighted by Gasteiger charge is -2.03. The quantitative estimate of drug-likeness (QED) is 0.486. The molecule has 0 radical (unpaired) electrons. The number of rotatable bonds is 4. The van der Waals surface area contributed by atoms with Crippen molar-refractivity contribution in [1.82, 2.24) is 0 Å². The van der Waals surface area contributed by atoms with Crippen LogP contribution in [-0.2, 0) is 4.79 Å². The minimum absolute atomic E-state index is 0.612. The lowest BCUT2D eigenvalue weighted by Crippen LogP contribution is -1.99. The summed E-state index contributed by atoms with van der Waals surface area (Å²) < 4.78 is 5.94. The summed E-state index contributed by atoms with van der Waals surface area (Å²) in [5.74, 6) is 0.682. The zero-order chi connectivity index (χ0) is 11.3. The molecule has 1 unspecified atom stereocenters. The van der Waals surface area contributed by atoms with E-state index >= 15 is 0 Å². The topological polar surface area (TPSA) is 38.7 Å². The van der Waals surface area contributed by atoms with Crippen LogP contribution in [0.1, 0.15) is 0 Å². The number of hydrogen-bond acceptors (Lipinski definition) is 3. The number of ether oxygens (including phenoxy) is 1. The van der Waals surface area contributed by atoms with E-state index in [1.807, 2.05) is 6.07 Å². The molecule has 1 aromatic rings. The fourth-order valence-corrected chi connectivity index (χ4v) is 1.39. The van der Waals surface area contributed by atoms with Crippen LogP contribution >= 0.6 is 27.5 Å². The normalized spacial score (nSPS) is 12.7. The Balaban J connectivity index is 2.87. The summed E-state index contributed by atoms with van der Waals surface area (Å²) in [5.41, 5.74) is 0.683. The third kappa shape index (κ3) is 3.64. The van der Waals surface area contributed by atoms with Gasteiger partial charge < -0.3 is 9.53 Å². The van der Waals surface area contributed by atoms with Crippen LogP contribution in [0.4, 0.5) is 5.69 Å². The van der Waals surface area contributed by atoms with Crippen LogP contribution in [0.2, 0.25) is 0 Å². The molecule has 0 aromatic heterocycles. The second-order valence-electron chi connectivity index (χ2n) is 2.68. The summed E-state index contributed by atoms with van der Waals surface area (Å²) in [4.78, 5) is 14.3. The summed E-state index contributed by atoms with van der Waals surface area (Å²) in [6, 6.07) is 5.35. The second kappa shape index (κ2) is 5.88. The molecular formula is C10H9BrClNO2. The van der Waals surface area contributed by atoms with Gasteiger partial charge in [0.1, 0.15) is 17.4 Å². The zero-order valence-electron chi connectivity index (χ0n) is 7.98. The standard InChI is InChI=1S/C10H9BrClNO2/c1-15-10-4-8(2-3-9(10)11)13-5-7(12)6-14/h2-7H,1H3/b13-5+. The van der Waals surface area contributed by atoms with Crippen molar-refractivity contribution in [2.45, 2.75) is 5.38 Å². The van der Waals surface area contributed by atoms with Crippen molar-refractivity contribution in [1.29, 1.82) is 0 Å². The Hall–Kier alpha value is -0.870. The lowest BCUT2D eigenvalue weighted by atomic mass is 10.3. The van der Waals surface area contributed by atoms with Gasteiger partial charge in [-0.1, -0.05) is 0 Å². The Morgan fingerprint density at radius 2 is 2.33 bits per heavy atom. The van der Waals surface area contributed by atoms with Crippen LogP contribution in [0.15, 0.2) is 27.7 Å². The SMILES string of the molecule is COc1cc(/N=C/C(Cl)C=O)ccc1Br. The smallest absolute Gasteiger partial charge is 0.143 e. The van der Waals surface area contributed by atoms with E-state index in [0.717, 1.165) is 4.47 Å². The molecule has 0 saturated heterocycles. The molecule has 1 rings (SSSR count). The molecular weight excluding hydrogens is 281 g/mol. The summed E-state index contributed by atoms with van der Waals surface area (Å²) >= 11 is 8.89. The molecule has 1 atom stereocenters. The van der Waals surface area contributed by atoms with Crippen molar-refractivity contribution >= 4 is 45.7 Å². The van der Waals surface area contributed by atoms with Gasteiger partial charge in [0.2, 0.25) is 0 Å². The lowest BCUT2D eigenvalue weighted by molar-refractivity contribution is -0.106. The van der Waals surface area contributed by atoms with Gasteiger partial charge in [0.25, 0.3) is 0 Å². The molecule has 0 aliphatic carbocycles. The largest absolute Gasteiger partial charge is 0.495 e. The molecule has 15 heavy (non-hydrogen) atoms. The van der Waals surface area contributed by atoms with Crippen LogP contribution in [-0.4, -0.2) is 25.0 Å². The molecule has 1 aromatic carbocycles. The highest BCUT2D eigenvalue weighted by molar-refractivity contribution is 9.10. The van der Waals surface area contributed by atoms with Crippen molar-refractivity contribution < 1.29 is 9.53 Å². The third-order valence-electron chi connectivity index (χ3n) is 1.63. The van der Waals surface area contributed by atoms with Crippen molar-refractivity contribution in [2.24, 2.45) is 4.99 Å². The number of carbonyl (C=O) groups is 1. The van der Waals surface area contributed by atoms with E-state index in [1.165, 1.54) is 6.21 Å². The van der Waals surface area contributed by atoms with E-state index < -0.39 is 5.38 Å². The highest BCUT2D eigenvalue weighted by Gasteiger charge is 2.01. The molecule has 0 fully saturated rings. The van der Waals surface area contributed by atoms with Gasteiger partial charge in [0, 0.05) is 12.3 Å². The average molecular weight is 291 g/mol. The summed E-state index contributed by atoms with van der Waals surface area (Å²) in [6.07, 6.45) is 1.98. The van der Waals surface area contributed by atoms with Crippen LogP contribution in [0.5, 0.6) is 5.75 Å². The monoisotopic (exact) mass is 289 g/mol.